The first-order valence-corrected chi connectivity index (χ1v) is 7.36. The molecule has 1 aliphatic rings. The maximum atomic E-state index is 5.97. The molecule has 0 amide bonds. The third kappa shape index (κ3) is 2.26. The molecular weight excluding hydrogens is 252 g/mol. The number of anilines is 1. The number of aryl methyl sites for hydroxylation is 1. The van der Waals surface area contributed by atoms with E-state index in [1.165, 1.54) is 43.3 Å². The van der Waals surface area contributed by atoms with Crippen LogP contribution in [0.25, 0.3) is 11.0 Å². The second kappa shape index (κ2) is 5.40. The van der Waals surface area contributed by atoms with E-state index in [1.54, 1.807) is 0 Å². The molecule has 0 unspecified atom stereocenters. The van der Waals surface area contributed by atoms with Gasteiger partial charge in [0.25, 0.3) is 0 Å². The lowest BCUT2D eigenvalue weighted by molar-refractivity contribution is 0.0532. The van der Waals surface area contributed by atoms with Crippen LogP contribution in [-0.4, -0.2) is 27.2 Å². The van der Waals surface area contributed by atoms with Gasteiger partial charge in [0.05, 0.1) is 18.1 Å². The van der Waals surface area contributed by atoms with Gasteiger partial charge in [-0.15, -0.1) is 0 Å². The Morgan fingerprint density at radius 3 is 2.80 bits per heavy atom. The second-order valence-corrected chi connectivity index (χ2v) is 5.60. The number of fused-ring (bicyclic) bond motifs is 1. The Morgan fingerprint density at radius 1 is 1.30 bits per heavy atom. The number of nitrogens with zero attached hydrogens (tertiary/aromatic N) is 3. The molecule has 0 spiro atoms. The van der Waals surface area contributed by atoms with E-state index in [2.05, 4.69) is 28.4 Å². The number of rotatable bonds is 4. The van der Waals surface area contributed by atoms with Gasteiger partial charge in [0, 0.05) is 12.2 Å². The fraction of sp³-hybridized carbons (Fsp3) is 0.600. The van der Waals surface area contributed by atoms with Crippen molar-refractivity contribution in [2.45, 2.75) is 52.2 Å². The Balaban J connectivity index is 1.80. The van der Waals surface area contributed by atoms with Crippen LogP contribution >= 0.6 is 0 Å². The molecule has 0 saturated heterocycles. The lowest BCUT2D eigenvalue weighted by Gasteiger charge is -2.13. The van der Waals surface area contributed by atoms with Gasteiger partial charge >= 0.3 is 0 Å². The summed E-state index contributed by atoms with van der Waals surface area (Å²) in [7, 11) is 0. The van der Waals surface area contributed by atoms with Gasteiger partial charge < -0.3 is 15.0 Å². The highest BCUT2D eigenvalue weighted by atomic mass is 16.5. The summed E-state index contributed by atoms with van der Waals surface area (Å²) in [5.41, 5.74) is 9.25. The van der Waals surface area contributed by atoms with Crippen molar-refractivity contribution < 1.29 is 4.74 Å². The average Bonchev–Trinajstić information content (AvgIpc) is 3.02. The number of nitrogens with two attached hydrogens (primary N) is 1. The molecule has 0 aliphatic heterocycles. The summed E-state index contributed by atoms with van der Waals surface area (Å²) < 4.78 is 8.15. The van der Waals surface area contributed by atoms with Crippen molar-refractivity contribution in [2.24, 2.45) is 0 Å². The topological polar surface area (TPSA) is 66.0 Å². The first-order valence-electron chi connectivity index (χ1n) is 7.36. The molecule has 0 atom stereocenters. The molecule has 0 bridgehead atoms. The molecule has 20 heavy (non-hydrogen) atoms. The fourth-order valence-electron chi connectivity index (χ4n) is 3.14. The van der Waals surface area contributed by atoms with Gasteiger partial charge in [0.1, 0.15) is 17.8 Å². The summed E-state index contributed by atoms with van der Waals surface area (Å²) in [5.74, 6) is 0.561. The highest BCUT2D eigenvalue weighted by Gasteiger charge is 2.17. The summed E-state index contributed by atoms with van der Waals surface area (Å²) in [6.45, 7) is 5.74. The minimum Gasteiger partial charge on any atom is -0.383 e. The summed E-state index contributed by atoms with van der Waals surface area (Å²) in [4.78, 5) is 8.48. The highest BCUT2D eigenvalue weighted by molar-refractivity contribution is 5.90. The van der Waals surface area contributed by atoms with Gasteiger partial charge in [-0.25, -0.2) is 9.97 Å². The number of hydrogen-bond acceptors (Lipinski definition) is 4. The van der Waals surface area contributed by atoms with Gasteiger partial charge in [-0.3, -0.25) is 0 Å². The molecule has 1 saturated carbocycles. The largest absolute Gasteiger partial charge is 0.383 e. The van der Waals surface area contributed by atoms with Gasteiger partial charge in [-0.05, 0) is 32.3 Å². The molecule has 1 aliphatic carbocycles. The molecule has 0 radical (unpaired) electrons. The molecule has 1 fully saturated rings. The average molecular weight is 274 g/mol. The number of aromatic nitrogens is 3. The summed E-state index contributed by atoms with van der Waals surface area (Å²) in [6.07, 6.45) is 7.01. The summed E-state index contributed by atoms with van der Waals surface area (Å²) in [6, 6.07) is 0. The van der Waals surface area contributed by atoms with E-state index < -0.39 is 0 Å². The maximum Gasteiger partial charge on any atom is 0.146 e. The molecule has 0 aromatic carbocycles. The fourth-order valence-corrected chi connectivity index (χ4v) is 3.14. The monoisotopic (exact) mass is 274 g/mol. The molecule has 2 N–H and O–H groups in total. The van der Waals surface area contributed by atoms with Crippen molar-refractivity contribution in [2.75, 3.05) is 12.3 Å². The zero-order chi connectivity index (χ0) is 14.1. The Labute approximate surface area is 119 Å². The predicted octanol–water partition coefficient (Wildman–Crippen LogP) is 2.59. The lowest BCUT2D eigenvalue weighted by atomic mass is 10.2. The molecule has 108 valence electrons. The minimum atomic E-state index is 0.456. The van der Waals surface area contributed by atoms with Crippen molar-refractivity contribution in [3.8, 4) is 0 Å². The molecule has 2 heterocycles. The van der Waals surface area contributed by atoms with Crippen LogP contribution in [-0.2, 0) is 11.3 Å². The van der Waals surface area contributed by atoms with Crippen LogP contribution in [0.15, 0.2) is 6.33 Å². The second-order valence-electron chi connectivity index (χ2n) is 5.60. The van der Waals surface area contributed by atoms with E-state index >= 15 is 0 Å². The minimum absolute atomic E-state index is 0.456. The SMILES string of the molecule is Cc1c(C)n(CCOC2CCCC2)c2ncnc(N)c12. The highest BCUT2D eigenvalue weighted by Crippen LogP contribution is 2.27. The third-order valence-electron chi connectivity index (χ3n) is 4.41. The van der Waals surface area contributed by atoms with Crippen LogP contribution in [0.1, 0.15) is 36.9 Å². The standard InChI is InChI=1S/C15H22N4O/c1-10-11(2)19(7-8-20-12-5-3-4-6-12)15-13(10)14(16)17-9-18-15/h9,12H,3-8H2,1-2H3,(H2,16,17,18). The Bertz CT molecular complexity index is 614. The summed E-state index contributed by atoms with van der Waals surface area (Å²) in [5, 5.41) is 0.978. The van der Waals surface area contributed by atoms with E-state index in [1.807, 2.05) is 0 Å². The van der Waals surface area contributed by atoms with Crippen molar-refractivity contribution >= 4 is 16.9 Å². The van der Waals surface area contributed by atoms with E-state index in [9.17, 15) is 0 Å². The zero-order valence-corrected chi connectivity index (χ0v) is 12.2. The van der Waals surface area contributed by atoms with Gasteiger partial charge in [-0.2, -0.15) is 0 Å². The quantitative estimate of drug-likeness (QED) is 0.930. The Morgan fingerprint density at radius 2 is 2.05 bits per heavy atom. The van der Waals surface area contributed by atoms with E-state index in [0.717, 1.165) is 24.2 Å². The molecule has 2 aromatic rings. The first kappa shape index (κ1) is 13.4. The lowest BCUT2D eigenvalue weighted by Crippen LogP contribution is -2.14. The predicted molar refractivity (Wildman–Crippen MR) is 79.6 cm³/mol. The third-order valence-corrected chi connectivity index (χ3v) is 4.41. The van der Waals surface area contributed by atoms with Crippen molar-refractivity contribution in [1.29, 1.82) is 0 Å². The maximum absolute atomic E-state index is 5.97. The van der Waals surface area contributed by atoms with Crippen molar-refractivity contribution in [1.82, 2.24) is 14.5 Å². The number of hydrogen-bond donors (Lipinski definition) is 1. The van der Waals surface area contributed by atoms with Crippen LogP contribution < -0.4 is 5.73 Å². The van der Waals surface area contributed by atoms with Crippen LogP contribution in [0.3, 0.4) is 0 Å². The molecule has 5 nitrogen and oxygen atoms in total. The molecule has 2 aromatic heterocycles. The summed E-state index contributed by atoms with van der Waals surface area (Å²) >= 11 is 0. The smallest absolute Gasteiger partial charge is 0.146 e. The molecule has 5 heteroatoms. The van der Waals surface area contributed by atoms with E-state index in [0.29, 0.717) is 11.9 Å². The number of ether oxygens (including phenoxy) is 1. The van der Waals surface area contributed by atoms with Crippen LogP contribution in [0, 0.1) is 13.8 Å². The van der Waals surface area contributed by atoms with Gasteiger partial charge in [-0.1, -0.05) is 12.8 Å². The first-order chi connectivity index (χ1) is 9.68. The van der Waals surface area contributed by atoms with E-state index in [-0.39, 0.29) is 0 Å². The Hall–Kier alpha value is -1.62. The molecule has 3 rings (SSSR count). The molecular formula is C15H22N4O. The Kier molecular flexibility index (Phi) is 3.61. The van der Waals surface area contributed by atoms with Crippen molar-refractivity contribution in [3.05, 3.63) is 17.6 Å². The van der Waals surface area contributed by atoms with Crippen molar-refractivity contribution in [3.63, 3.8) is 0 Å². The van der Waals surface area contributed by atoms with Gasteiger partial charge in [0.2, 0.25) is 0 Å². The normalized spacial score (nSPS) is 16.3. The van der Waals surface area contributed by atoms with E-state index in [4.69, 9.17) is 10.5 Å². The van der Waals surface area contributed by atoms with Crippen LogP contribution in [0.4, 0.5) is 5.82 Å². The van der Waals surface area contributed by atoms with Gasteiger partial charge in [0.15, 0.2) is 0 Å². The van der Waals surface area contributed by atoms with Crippen LogP contribution in [0.5, 0.6) is 0 Å². The van der Waals surface area contributed by atoms with Crippen LogP contribution in [0.2, 0.25) is 0 Å². The number of nitrogen functional groups attached to an aromatic ring is 1. The zero-order valence-electron chi connectivity index (χ0n) is 12.2.